The molecule has 2 aromatic rings. The average molecular weight is 370 g/mol. The summed E-state index contributed by atoms with van der Waals surface area (Å²) in [5.41, 5.74) is 9.88. The number of aliphatic imine (C=N–C) groups is 1. The zero-order valence-corrected chi connectivity index (χ0v) is 15.5. The van der Waals surface area contributed by atoms with Gasteiger partial charge >= 0.3 is 0 Å². The van der Waals surface area contributed by atoms with E-state index < -0.39 is 0 Å². The van der Waals surface area contributed by atoms with Crippen LogP contribution in [0.15, 0.2) is 59.7 Å². The Labute approximate surface area is 159 Å². The van der Waals surface area contributed by atoms with Gasteiger partial charge < -0.3 is 15.8 Å². The molecule has 4 nitrogen and oxygen atoms in total. The number of allylic oxidation sites excluding steroid dienone is 1. The summed E-state index contributed by atoms with van der Waals surface area (Å²) in [5.74, 6) is 0. The van der Waals surface area contributed by atoms with Crippen LogP contribution in [-0.4, -0.2) is 19.0 Å². The minimum absolute atomic E-state index is 0.0441. The highest BCUT2D eigenvalue weighted by molar-refractivity contribution is 6.30. The first-order valence-electron chi connectivity index (χ1n) is 8.90. The van der Waals surface area contributed by atoms with Gasteiger partial charge in [-0.15, -0.1) is 0 Å². The number of hydrogen-bond donors (Lipinski definition) is 2. The Bertz CT molecular complexity index is 765. The van der Waals surface area contributed by atoms with Gasteiger partial charge in [0.05, 0.1) is 0 Å². The Morgan fingerprint density at radius 2 is 2.08 bits per heavy atom. The molecule has 0 bridgehead atoms. The van der Waals surface area contributed by atoms with Crippen molar-refractivity contribution < 1.29 is 4.74 Å². The smallest absolute Gasteiger partial charge is 0.148 e. The molecule has 1 aliphatic rings. The van der Waals surface area contributed by atoms with Gasteiger partial charge in [-0.1, -0.05) is 35.9 Å². The van der Waals surface area contributed by atoms with Crippen LogP contribution in [0.2, 0.25) is 5.02 Å². The molecular formula is C21H24ClN3O. The van der Waals surface area contributed by atoms with Gasteiger partial charge in [0.2, 0.25) is 0 Å². The molecule has 1 unspecified atom stereocenters. The number of rotatable bonds is 6. The third-order valence-corrected chi connectivity index (χ3v) is 4.55. The van der Waals surface area contributed by atoms with E-state index in [9.17, 15) is 0 Å². The molecule has 0 spiro atoms. The molecule has 3 N–H and O–H groups in total. The second-order valence-corrected chi connectivity index (χ2v) is 6.72. The highest BCUT2D eigenvalue weighted by Crippen LogP contribution is 2.19. The first-order chi connectivity index (χ1) is 12.7. The van der Waals surface area contributed by atoms with E-state index in [1.807, 2.05) is 54.7 Å². The number of hydrogen-bond acceptors (Lipinski definition) is 4. The fraction of sp³-hybridized carbons (Fsp3) is 0.286. The van der Waals surface area contributed by atoms with Crippen LogP contribution in [0.1, 0.15) is 30.4 Å². The fourth-order valence-corrected chi connectivity index (χ4v) is 3.06. The van der Waals surface area contributed by atoms with Crippen LogP contribution in [-0.2, 0) is 11.3 Å². The van der Waals surface area contributed by atoms with Crippen LogP contribution in [0.25, 0.3) is 5.57 Å². The Morgan fingerprint density at radius 3 is 2.77 bits per heavy atom. The summed E-state index contributed by atoms with van der Waals surface area (Å²) >= 11 is 6.02. The van der Waals surface area contributed by atoms with Crippen molar-refractivity contribution in [1.29, 1.82) is 0 Å². The maximum absolute atomic E-state index is 6.02. The van der Waals surface area contributed by atoms with E-state index in [4.69, 9.17) is 22.1 Å². The zero-order valence-electron chi connectivity index (χ0n) is 14.7. The number of ether oxygens (including phenoxy) is 1. The number of halogens is 1. The third kappa shape index (κ3) is 5.35. The minimum atomic E-state index is -0.0441. The highest BCUT2D eigenvalue weighted by atomic mass is 35.5. The Morgan fingerprint density at radius 1 is 1.23 bits per heavy atom. The maximum atomic E-state index is 6.02. The van der Waals surface area contributed by atoms with Crippen LogP contribution in [0.3, 0.4) is 0 Å². The zero-order chi connectivity index (χ0) is 18.2. The van der Waals surface area contributed by atoms with Crippen LogP contribution < -0.4 is 11.1 Å². The lowest BCUT2D eigenvalue weighted by molar-refractivity contribution is 0.0227. The van der Waals surface area contributed by atoms with Crippen molar-refractivity contribution in [1.82, 2.24) is 0 Å². The van der Waals surface area contributed by atoms with Crippen molar-refractivity contribution in [2.24, 2.45) is 10.7 Å². The van der Waals surface area contributed by atoms with Crippen LogP contribution in [0, 0.1) is 0 Å². The molecule has 1 atom stereocenters. The molecule has 26 heavy (non-hydrogen) atoms. The largest absolute Gasteiger partial charge is 0.404 e. The molecule has 0 saturated carbocycles. The standard InChI is InChI=1S/C21H24ClN3O/c22-19-5-3-4-16(12-19)14-24-20-9-7-17(8-10-20)18(13-23)15-25-21-6-1-2-11-26-21/h3-5,7-10,12-13,15,21,24H,1-2,6,11,14,23H2. The molecular weight excluding hydrogens is 346 g/mol. The van der Waals surface area contributed by atoms with Gasteiger partial charge in [-0.25, -0.2) is 0 Å². The highest BCUT2D eigenvalue weighted by Gasteiger charge is 2.11. The summed E-state index contributed by atoms with van der Waals surface area (Å²) in [4.78, 5) is 4.51. The van der Waals surface area contributed by atoms with Crippen molar-refractivity contribution in [2.75, 3.05) is 11.9 Å². The Balaban J connectivity index is 1.59. The second kappa shape index (κ2) is 9.41. The lowest BCUT2D eigenvalue weighted by atomic mass is 10.1. The molecule has 0 amide bonds. The van der Waals surface area contributed by atoms with Crippen molar-refractivity contribution in [3.8, 4) is 0 Å². The molecule has 0 aromatic heterocycles. The van der Waals surface area contributed by atoms with E-state index in [2.05, 4.69) is 10.3 Å². The van der Waals surface area contributed by atoms with Gasteiger partial charge in [0.1, 0.15) is 6.23 Å². The summed E-state index contributed by atoms with van der Waals surface area (Å²) in [6.45, 7) is 1.51. The quantitative estimate of drug-likeness (QED) is 0.715. The van der Waals surface area contributed by atoms with E-state index in [0.29, 0.717) is 0 Å². The molecule has 1 fully saturated rings. The van der Waals surface area contributed by atoms with Crippen molar-refractivity contribution in [2.45, 2.75) is 32.0 Å². The van der Waals surface area contributed by atoms with Crippen LogP contribution >= 0.6 is 11.6 Å². The van der Waals surface area contributed by atoms with E-state index in [1.54, 1.807) is 6.20 Å². The van der Waals surface area contributed by atoms with E-state index in [0.717, 1.165) is 59.8 Å². The first-order valence-corrected chi connectivity index (χ1v) is 9.28. The van der Waals surface area contributed by atoms with Gasteiger partial charge in [-0.05, 0) is 54.7 Å². The number of benzene rings is 2. The topological polar surface area (TPSA) is 59.6 Å². The summed E-state index contributed by atoms with van der Waals surface area (Å²) in [7, 11) is 0. The van der Waals surface area contributed by atoms with E-state index in [-0.39, 0.29) is 6.23 Å². The molecule has 136 valence electrons. The Kier molecular flexibility index (Phi) is 6.69. The van der Waals surface area contributed by atoms with Crippen molar-refractivity contribution in [3.63, 3.8) is 0 Å². The minimum Gasteiger partial charge on any atom is -0.404 e. The number of nitrogens with one attached hydrogen (secondary N) is 1. The predicted molar refractivity (Wildman–Crippen MR) is 109 cm³/mol. The van der Waals surface area contributed by atoms with Crippen LogP contribution in [0.4, 0.5) is 5.69 Å². The third-order valence-electron chi connectivity index (χ3n) is 4.32. The molecule has 3 rings (SSSR count). The molecule has 0 aliphatic carbocycles. The normalized spacial score (nSPS) is 18.2. The van der Waals surface area contributed by atoms with Crippen molar-refractivity contribution in [3.05, 3.63) is 70.9 Å². The Hall–Kier alpha value is -2.30. The van der Waals surface area contributed by atoms with Crippen molar-refractivity contribution >= 4 is 29.1 Å². The second-order valence-electron chi connectivity index (χ2n) is 6.28. The lowest BCUT2D eigenvalue weighted by Crippen LogP contribution is -2.16. The van der Waals surface area contributed by atoms with E-state index >= 15 is 0 Å². The number of nitrogens with two attached hydrogens (primary N) is 1. The lowest BCUT2D eigenvalue weighted by Gasteiger charge is -2.18. The maximum Gasteiger partial charge on any atom is 0.148 e. The molecule has 1 saturated heterocycles. The summed E-state index contributed by atoms with van der Waals surface area (Å²) in [6, 6.07) is 16.0. The summed E-state index contributed by atoms with van der Waals surface area (Å²) < 4.78 is 5.62. The van der Waals surface area contributed by atoms with E-state index in [1.165, 1.54) is 0 Å². The van der Waals surface area contributed by atoms with Crippen LogP contribution in [0.5, 0.6) is 0 Å². The number of nitrogens with zero attached hydrogens (tertiary/aromatic N) is 1. The SMILES string of the molecule is NC=C(C=NC1CCCCO1)c1ccc(NCc2cccc(Cl)c2)cc1. The van der Waals surface area contributed by atoms with Gasteiger partial charge in [0.15, 0.2) is 0 Å². The average Bonchev–Trinajstić information content (AvgIpc) is 2.69. The van der Waals surface area contributed by atoms with Gasteiger partial charge in [0, 0.05) is 41.8 Å². The summed E-state index contributed by atoms with van der Waals surface area (Å²) in [6.07, 6.45) is 6.61. The molecule has 1 heterocycles. The van der Waals surface area contributed by atoms with Gasteiger partial charge in [-0.3, -0.25) is 4.99 Å². The molecule has 0 radical (unpaired) electrons. The van der Waals surface area contributed by atoms with Gasteiger partial charge in [-0.2, -0.15) is 0 Å². The number of anilines is 1. The molecule has 5 heteroatoms. The molecule has 1 aliphatic heterocycles. The summed E-state index contributed by atoms with van der Waals surface area (Å²) in [5, 5.41) is 4.14. The first kappa shape index (κ1) is 18.5. The monoisotopic (exact) mass is 369 g/mol. The fourth-order valence-electron chi connectivity index (χ4n) is 2.85. The van der Waals surface area contributed by atoms with Gasteiger partial charge in [0.25, 0.3) is 0 Å². The predicted octanol–water partition coefficient (Wildman–Crippen LogP) is 4.85. The molecule has 2 aromatic carbocycles.